The van der Waals surface area contributed by atoms with E-state index in [0.717, 1.165) is 53.4 Å². The highest BCUT2D eigenvalue weighted by Crippen LogP contribution is 2.30. The standard InChI is InChI=1S/C18H23BrN4O3S2/c1-2-7-21-18(24)14-12-13(3-4-15(14)23-10-8-20-9-11-23)22-28(25,26)17-6-5-16(19)27-17/h3-6,12,20,22H,2,7-11H2,1H3,(H,21,24). The Morgan fingerprint density at radius 2 is 2.00 bits per heavy atom. The van der Waals surface area contributed by atoms with E-state index < -0.39 is 10.0 Å². The largest absolute Gasteiger partial charge is 0.368 e. The molecule has 1 amide bonds. The Balaban J connectivity index is 1.91. The van der Waals surface area contributed by atoms with Gasteiger partial charge in [-0.25, -0.2) is 8.42 Å². The van der Waals surface area contributed by atoms with Crippen molar-refractivity contribution >= 4 is 54.6 Å². The number of benzene rings is 1. The summed E-state index contributed by atoms with van der Waals surface area (Å²) in [5.41, 5.74) is 1.66. The third-order valence-electron chi connectivity index (χ3n) is 4.30. The fourth-order valence-corrected chi connectivity index (χ4v) is 6.00. The molecule has 0 aliphatic carbocycles. The number of carbonyl (C=O) groups excluding carboxylic acids is 1. The smallest absolute Gasteiger partial charge is 0.271 e. The molecule has 1 fully saturated rings. The SMILES string of the molecule is CCCNC(=O)c1cc(NS(=O)(=O)c2ccc(Br)s2)ccc1N1CCNCC1. The van der Waals surface area contributed by atoms with E-state index in [1.54, 1.807) is 24.3 Å². The van der Waals surface area contributed by atoms with Gasteiger partial charge in [-0.1, -0.05) is 6.92 Å². The fourth-order valence-electron chi connectivity index (χ4n) is 2.94. The molecular formula is C18H23BrN4O3S2. The number of hydrogen-bond donors (Lipinski definition) is 3. The van der Waals surface area contributed by atoms with Crippen molar-refractivity contribution in [1.29, 1.82) is 0 Å². The number of amides is 1. The van der Waals surface area contributed by atoms with Crippen LogP contribution in [0.15, 0.2) is 38.3 Å². The lowest BCUT2D eigenvalue weighted by atomic mass is 10.1. The third-order valence-corrected chi connectivity index (χ3v) is 7.80. The lowest BCUT2D eigenvalue weighted by Gasteiger charge is -2.31. The Morgan fingerprint density at radius 3 is 2.64 bits per heavy atom. The summed E-state index contributed by atoms with van der Waals surface area (Å²) in [6.45, 7) is 5.83. The Morgan fingerprint density at radius 1 is 1.25 bits per heavy atom. The summed E-state index contributed by atoms with van der Waals surface area (Å²) in [5.74, 6) is -0.199. The zero-order chi connectivity index (χ0) is 20.1. The second kappa shape index (κ2) is 9.25. The molecule has 0 atom stereocenters. The molecule has 28 heavy (non-hydrogen) atoms. The Labute approximate surface area is 177 Å². The van der Waals surface area contributed by atoms with Gasteiger partial charge < -0.3 is 15.5 Å². The minimum absolute atomic E-state index is 0.199. The second-order valence-corrected chi connectivity index (χ2v) is 10.8. The van der Waals surface area contributed by atoms with Gasteiger partial charge >= 0.3 is 0 Å². The predicted molar refractivity (Wildman–Crippen MR) is 117 cm³/mol. The molecule has 0 unspecified atom stereocenters. The average Bonchev–Trinajstić information content (AvgIpc) is 3.14. The summed E-state index contributed by atoms with van der Waals surface area (Å²) < 4.78 is 28.8. The van der Waals surface area contributed by atoms with Crippen molar-refractivity contribution in [3.63, 3.8) is 0 Å². The Bertz CT molecular complexity index is 940. The number of thiophene rings is 1. The van der Waals surface area contributed by atoms with Crippen molar-refractivity contribution < 1.29 is 13.2 Å². The summed E-state index contributed by atoms with van der Waals surface area (Å²) >= 11 is 4.41. The van der Waals surface area contributed by atoms with Crippen LogP contribution in [0, 0.1) is 0 Å². The van der Waals surface area contributed by atoms with Gasteiger partial charge in [-0.05, 0) is 52.7 Å². The van der Waals surface area contributed by atoms with Gasteiger partial charge in [-0.15, -0.1) is 11.3 Å². The van der Waals surface area contributed by atoms with Crippen LogP contribution >= 0.6 is 27.3 Å². The lowest BCUT2D eigenvalue weighted by molar-refractivity contribution is 0.0954. The van der Waals surface area contributed by atoms with Crippen LogP contribution in [0.1, 0.15) is 23.7 Å². The molecule has 3 N–H and O–H groups in total. The number of hydrogen-bond acceptors (Lipinski definition) is 6. The number of anilines is 2. The van der Waals surface area contributed by atoms with Crippen LogP contribution in [-0.2, 0) is 10.0 Å². The van der Waals surface area contributed by atoms with Gasteiger partial charge in [0.1, 0.15) is 4.21 Å². The van der Waals surface area contributed by atoms with Crippen LogP contribution in [0.25, 0.3) is 0 Å². The quantitative estimate of drug-likeness (QED) is 0.559. The first-order valence-corrected chi connectivity index (χ1v) is 12.2. The topological polar surface area (TPSA) is 90.5 Å². The first-order chi connectivity index (χ1) is 13.4. The highest BCUT2D eigenvalue weighted by atomic mass is 79.9. The third kappa shape index (κ3) is 5.05. The molecule has 152 valence electrons. The molecule has 0 saturated carbocycles. The number of carbonyl (C=O) groups is 1. The molecule has 0 radical (unpaired) electrons. The summed E-state index contributed by atoms with van der Waals surface area (Å²) in [4.78, 5) is 14.9. The highest BCUT2D eigenvalue weighted by molar-refractivity contribution is 9.11. The molecule has 2 heterocycles. The van der Waals surface area contributed by atoms with Crippen molar-refractivity contribution in [3.8, 4) is 0 Å². The number of halogens is 1. The first kappa shape index (κ1) is 21.1. The average molecular weight is 487 g/mol. The van der Waals surface area contributed by atoms with Gasteiger partial charge in [-0.3, -0.25) is 9.52 Å². The lowest BCUT2D eigenvalue weighted by Crippen LogP contribution is -2.44. The molecule has 10 heteroatoms. The van der Waals surface area contributed by atoms with E-state index in [4.69, 9.17) is 0 Å². The Hall–Kier alpha value is -1.62. The molecule has 1 saturated heterocycles. The minimum Gasteiger partial charge on any atom is -0.368 e. The zero-order valence-corrected chi connectivity index (χ0v) is 18.7. The molecule has 0 bridgehead atoms. The maximum atomic E-state index is 12.7. The molecule has 7 nitrogen and oxygen atoms in total. The van der Waals surface area contributed by atoms with Crippen LogP contribution in [0.5, 0.6) is 0 Å². The van der Waals surface area contributed by atoms with Gasteiger partial charge in [-0.2, -0.15) is 0 Å². The van der Waals surface area contributed by atoms with E-state index in [1.165, 1.54) is 0 Å². The van der Waals surface area contributed by atoms with Gasteiger partial charge in [0, 0.05) is 44.1 Å². The molecular weight excluding hydrogens is 464 g/mol. The van der Waals surface area contributed by atoms with Crippen molar-refractivity contribution in [2.24, 2.45) is 0 Å². The molecule has 3 rings (SSSR count). The summed E-state index contributed by atoms with van der Waals surface area (Å²) in [6.07, 6.45) is 0.828. The maximum Gasteiger partial charge on any atom is 0.271 e. The Kier molecular flexibility index (Phi) is 6.97. The van der Waals surface area contributed by atoms with E-state index in [9.17, 15) is 13.2 Å². The number of sulfonamides is 1. The second-order valence-electron chi connectivity index (χ2n) is 6.39. The molecule has 1 aliphatic rings. The van der Waals surface area contributed by atoms with E-state index in [1.807, 2.05) is 13.0 Å². The van der Waals surface area contributed by atoms with Crippen LogP contribution in [0.4, 0.5) is 11.4 Å². The van der Waals surface area contributed by atoms with Gasteiger partial charge in [0.15, 0.2) is 0 Å². The van der Waals surface area contributed by atoms with E-state index >= 15 is 0 Å². The van der Waals surface area contributed by atoms with Crippen LogP contribution in [0.3, 0.4) is 0 Å². The molecule has 2 aromatic rings. The van der Waals surface area contributed by atoms with Crippen molar-refractivity contribution in [3.05, 3.63) is 39.7 Å². The van der Waals surface area contributed by atoms with Gasteiger partial charge in [0.25, 0.3) is 15.9 Å². The first-order valence-electron chi connectivity index (χ1n) is 9.07. The van der Waals surface area contributed by atoms with Crippen molar-refractivity contribution in [2.45, 2.75) is 17.6 Å². The predicted octanol–water partition coefficient (Wildman–Crippen LogP) is 2.86. The molecule has 1 aromatic carbocycles. The van der Waals surface area contributed by atoms with Crippen molar-refractivity contribution in [2.75, 3.05) is 42.3 Å². The van der Waals surface area contributed by atoms with Crippen LogP contribution in [-0.4, -0.2) is 47.0 Å². The summed E-state index contributed by atoms with van der Waals surface area (Å²) in [6, 6.07) is 8.36. The maximum absolute atomic E-state index is 12.7. The fraction of sp³-hybridized carbons (Fsp3) is 0.389. The minimum atomic E-state index is -3.71. The van der Waals surface area contributed by atoms with E-state index in [2.05, 4.69) is 36.2 Å². The zero-order valence-electron chi connectivity index (χ0n) is 15.5. The molecule has 0 spiro atoms. The molecule has 1 aliphatic heterocycles. The molecule has 1 aromatic heterocycles. The van der Waals surface area contributed by atoms with Gasteiger partial charge in [0.05, 0.1) is 9.35 Å². The normalized spacial score (nSPS) is 14.7. The van der Waals surface area contributed by atoms with Crippen LogP contribution < -0.4 is 20.3 Å². The monoisotopic (exact) mass is 486 g/mol. The number of nitrogens with one attached hydrogen (secondary N) is 3. The number of rotatable bonds is 7. The summed E-state index contributed by atoms with van der Waals surface area (Å²) in [7, 11) is -3.71. The highest BCUT2D eigenvalue weighted by Gasteiger charge is 2.21. The van der Waals surface area contributed by atoms with Gasteiger partial charge in [0.2, 0.25) is 0 Å². The number of piperazine rings is 1. The van der Waals surface area contributed by atoms with Crippen molar-refractivity contribution in [1.82, 2.24) is 10.6 Å². The van der Waals surface area contributed by atoms with Crippen LogP contribution in [0.2, 0.25) is 0 Å². The number of nitrogens with zero attached hydrogens (tertiary/aromatic N) is 1. The van der Waals surface area contributed by atoms with E-state index in [-0.39, 0.29) is 10.1 Å². The summed E-state index contributed by atoms with van der Waals surface area (Å²) in [5, 5.41) is 6.18. The van der Waals surface area contributed by atoms with E-state index in [0.29, 0.717) is 17.8 Å².